The Morgan fingerprint density at radius 2 is 1.80 bits per heavy atom. The van der Waals surface area contributed by atoms with Gasteiger partial charge in [0.15, 0.2) is 0 Å². The molecule has 0 saturated carbocycles. The lowest BCUT2D eigenvalue weighted by Gasteiger charge is -2.25. The summed E-state index contributed by atoms with van der Waals surface area (Å²) >= 11 is 0. The van der Waals surface area contributed by atoms with Crippen molar-refractivity contribution in [2.24, 2.45) is 0 Å². The van der Waals surface area contributed by atoms with E-state index in [0.717, 1.165) is 26.2 Å². The summed E-state index contributed by atoms with van der Waals surface area (Å²) in [4.78, 5) is 0. The lowest BCUT2D eigenvalue weighted by molar-refractivity contribution is -0.0272. The van der Waals surface area contributed by atoms with Gasteiger partial charge >= 0.3 is 0 Å². The molecule has 1 unspecified atom stereocenters. The normalized spacial score (nSPS) is 14.2. The van der Waals surface area contributed by atoms with Crippen molar-refractivity contribution in [1.29, 1.82) is 0 Å². The Morgan fingerprint density at radius 1 is 1.13 bits per heavy atom. The van der Waals surface area contributed by atoms with E-state index < -0.39 is 0 Å². The molecule has 3 heteroatoms. The second-order valence-corrected chi connectivity index (χ2v) is 4.73. The van der Waals surface area contributed by atoms with Crippen molar-refractivity contribution in [3.8, 4) is 0 Å². The lowest BCUT2D eigenvalue weighted by atomic mass is 10.2. The van der Waals surface area contributed by atoms with Gasteiger partial charge in [-0.2, -0.15) is 0 Å². The summed E-state index contributed by atoms with van der Waals surface area (Å²) < 4.78 is 11.2. The van der Waals surface area contributed by atoms with Crippen LogP contribution in [0.4, 0.5) is 0 Å². The number of ether oxygens (including phenoxy) is 2. The van der Waals surface area contributed by atoms with Crippen LogP contribution in [0.2, 0.25) is 0 Å². The van der Waals surface area contributed by atoms with Gasteiger partial charge in [0.2, 0.25) is 0 Å². The fraction of sp³-hybridized carbons (Fsp3) is 1.00. The third-order valence-corrected chi connectivity index (χ3v) is 1.92. The predicted octanol–water partition coefficient (Wildman–Crippen LogP) is 2.21. The Kier molecular flexibility index (Phi) is 8.02. The Bertz CT molecular complexity index is 135. The third-order valence-electron chi connectivity index (χ3n) is 1.92. The third kappa shape index (κ3) is 10.2. The molecule has 0 aromatic carbocycles. The van der Waals surface area contributed by atoms with Crippen LogP contribution in [0.5, 0.6) is 0 Å². The maximum atomic E-state index is 5.74. The molecule has 0 aromatic rings. The highest BCUT2D eigenvalue weighted by molar-refractivity contribution is 4.68. The minimum absolute atomic E-state index is 0.0711. The Morgan fingerprint density at radius 3 is 2.27 bits per heavy atom. The summed E-state index contributed by atoms with van der Waals surface area (Å²) in [5.41, 5.74) is -0.0711. The van der Waals surface area contributed by atoms with Crippen molar-refractivity contribution in [2.75, 3.05) is 26.4 Å². The van der Waals surface area contributed by atoms with E-state index in [2.05, 4.69) is 33.0 Å². The van der Waals surface area contributed by atoms with Gasteiger partial charge in [0.1, 0.15) is 0 Å². The first-order valence-corrected chi connectivity index (χ1v) is 5.94. The zero-order valence-electron chi connectivity index (χ0n) is 10.9. The Labute approximate surface area is 94.5 Å². The van der Waals surface area contributed by atoms with E-state index in [-0.39, 0.29) is 5.60 Å². The molecular formula is C12H27NO2. The monoisotopic (exact) mass is 217 g/mol. The van der Waals surface area contributed by atoms with Gasteiger partial charge in [-0.05, 0) is 40.7 Å². The van der Waals surface area contributed by atoms with E-state index in [1.807, 2.05) is 6.92 Å². The minimum Gasteiger partial charge on any atom is -0.380 e. The maximum absolute atomic E-state index is 5.74. The fourth-order valence-electron chi connectivity index (χ4n) is 1.13. The molecule has 0 aliphatic heterocycles. The molecule has 0 radical (unpaired) electrons. The second kappa shape index (κ2) is 8.08. The van der Waals surface area contributed by atoms with Crippen LogP contribution in [-0.4, -0.2) is 38.0 Å². The molecule has 3 nitrogen and oxygen atoms in total. The first kappa shape index (κ1) is 14.9. The molecule has 0 aliphatic rings. The molecule has 15 heavy (non-hydrogen) atoms. The van der Waals surface area contributed by atoms with Crippen LogP contribution < -0.4 is 5.32 Å². The summed E-state index contributed by atoms with van der Waals surface area (Å²) in [7, 11) is 0. The Balaban J connectivity index is 3.78. The molecule has 0 saturated heterocycles. The van der Waals surface area contributed by atoms with E-state index in [9.17, 15) is 0 Å². The highest BCUT2D eigenvalue weighted by Crippen LogP contribution is 2.07. The average Bonchev–Trinajstić information content (AvgIpc) is 2.15. The van der Waals surface area contributed by atoms with E-state index in [1.54, 1.807) is 0 Å². The molecule has 92 valence electrons. The molecular weight excluding hydrogens is 190 g/mol. The number of hydrogen-bond acceptors (Lipinski definition) is 3. The van der Waals surface area contributed by atoms with Crippen LogP contribution in [0.25, 0.3) is 0 Å². The van der Waals surface area contributed by atoms with Crippen LogP contribution >= 0.6 is 0 Å². The SMILES string of the molecule is CCCNC(COCC)COC(C)(C)C. The molecule has 0 heterocycles. The molecule has 1 atom stereocenters. The molecule has 0 bridgehead atoms. The summed E-state index contributed by atoms with van der Waals surface area (Å²) in [5.74, 6) is 0. The maximum Gasteiger partial charge on any atom is 0.0649 e. The largest absolute Gasteiger partial charge is 0.380 e. The quantitative estimate of drug-likeness (QED) is 0.676. The Hall–Kier alpha value is -0.120. The van der Waals surface area contributed by atoms with Crippen molar-refractivity contribution in [3.63, 3.8) is 0 Å². The molecule has 0 spiro atoms. The molecule has 0 amide bonds. The first-order chi connectivity index (χ1) is 6.99. The van der Waals surface area contributed by atoms with Gasteiger partial charge in [0.05, 0.1) is 24.9 Å². The van der Waals surface area contributed by atoms with Crippen LogP contribution in [0.15, 0.2) is 0 Å². The predicted molar refractivity (Wildman–Crippen MR) is 64.3 cm³/mol. The smallest absolute Gasteiger partial charge is 0.0649 e. The molecule has 0 rings (SSSR count). The summed E-state index contributed by atoms with van der Waals surface area (Å²) in [6, 6.07) is 0.309. The van der Waals surface area contributed by atoms with Crippen LogP contribution in [0.1, 0.15) is 41.0 Å². The van der Waals surface area contributed by atoms with Crippen molar-refractivity contribution >= 4 is 0 Å². The zero-order chi connectivity index (χ0) is 11.7. The van der Waals surface area contributed by atoms with Crippen LogP contribution in [-0.2, 0) is 9.47 Å². The highest BCUT2D eigenvalue weighted by atomic mass is 16.5. The zero-order valence-corrected chi connectivity index (χ0v) is 10.9. The number of rotatable bonds is 8. The standard InChI is InChI=1S/C12H27NO2/c1-6-8-13-11(9-14-7-2)10-15-12(3,4)5/h11,13H,6-10H2,1-5H3. The van der Waals surface area contributed by atoms with Gasteiger partial charge < -0.3 is 14.8 Å². The molecule has 1 N–H and O–H groups in total. The first-order valence-electron chi connectivity index (χ1n) is 5.94. The second-order valence-electron chi connectivity index (χ2n) is 4.73. The van der Waals surface area contributed by atoms with E-state index in [0.29, 0.717) is 12.6 Å². The lowest BCUT2D eigenvalue weighted by Crippen LogP contribution is -2.40. The summed E-state index contributed by atoms with van der Waals surface area (Å²) in [6.45, 7) is 13.6. The van der Waals surface area contributed by atoms with Crippen molar-refractivity contribution < 1.29 is 9.47 Å². The van der Waals surface area contributed by atoms with Crippen molar-refractivity contribution in [1.82, 2.24) is 5.32 Å². The molecule has 0 aromatic heterocycles. The van der Waals surface area contributed by atoms with Crippen molar-refractivity contribution in [3.05, 3.63) is 0 Å². The number of hydrogen-bond donors (Lipinski definition) is 1. The molecule has 0 aliphatic carbocycles. The van der Waals surface area contributed by atoms with Crippen LogP contribution in [0, 0.1) is 0 Å². The van der Waals surface area contributed by atoms with E-state index >= 15 is 0 Å². The highest BCUT2D eigenvalue weighted by Gasteiger charge is 2.14. The fourth-order valence-corrected chi connectivity index (χ4v) is 1.13. The van der Waals surface area contributed by atoms with E-state index in [4.69, 9.17) is 9.47 Å². The summed E-state index contributed by atoms with van der Waals surface area (Å²) in [5, 5.41) is 3.43. The van der Waals surface area contributed by atoms with Gasteiger partial charge in [0, 0.05) is 6.61 Å². The summed E-state index contributed by atoms with van der Waals surface area (Å²) in [6.07, 6.45) is 1.14. The topological polar surface area (TPSA) is 30.5 Å². The van der Waals surface area contributed by atoms with E-state index in [1.165, 1.54) is 0 Å². The van der Waals surface area contributed by atoms with Gasteiger partial charge in [-0.15, -0.1) is 0 Å². The van der Waals surface area contributed by atoms with Crippen molar-refractivity contribution in [2.45, 2.75) is 52.7 Å². The van der Waals surface area contributed by atoms with Crippen LogP contribution in [0.3, 0.4) is 0 Å². The van der Waals surface area contributed by atoms with Gasteiger partial charge in [-0.1, -0.05) is 6.92 Å². The average molecular weight is 217 g/mol. The van der Waals surface area contributed by atoms with Gasteiger partial charge in [0.25, 0.3) is 0 Å². The minimum atomic E-state index is -0.0711. The van der Waals surface area contributed by atoms with Gasteiger partial charge in [-0.3, -0.25) is 0 Å². The molecule has 0 fully saturated rings. The number of nitrogens with one attached hydrogen (secondary N) is 1. The van der Waals surface area contributed by atoms with Gasteiger partial charge in [-0.25, -0.2) is 0 Å².